The van der Waals surface area contributed by atoms with Crippen LogP contribution in [0.25, 0.3) is 0 Å². The van der Waals surface area contributed by atoms with E-state index in [2.05, 4.69) is 10.6 Å². The van der Waals surface area contributed by atoms with Crippen molar-refractivity contribution in [2.24, 2.45) is 0 Å². The highest BCUT2D eigenvalue weighted by Gasteiger charge is 2.17. The predicted molar refractivity (Wildman–Crippen MR) is 93.0 cm³/mol. The maximum Gasteiger partial charge on any atom is 0.326 e. The molecular formula is C15H16N4O5S. The van der Waals surface area contributed by atoms with Crippen molar-refractivity contribution in [1.82, 2.24) is 5.32 Å². The van der Waals surface area contributed by atoms with Crippen molar-refractivity contribution in [3.05, 3.63) is 46.2 Å². The zero-order valence-corrected chi connectivity index (χ0v) is 14.1. The van der Waals surface area contributed by atoms with Crippen LogP contribution in [0.15, 0.2) is 36.0 Å². The average molecular weight is 364 g/mol. The Balaban J connectivity index is 2.83. The molecule has 0 bridgehead atoms. The number of carbonyl (C=O) groups is 2. The number of carbonyl (C=O) groups excluding carboxylic acids is 1. The molecule has 0 aliphatic rings. The Bertz CT molecular complexity index is 729. The lowest BCUT2D eigenvalue weighted by molar-refractivity contribution is -0.384. The first-order chi connectivity index (χ1) is 11.9. The van der Waals surface area contributed by atoms with Crippen LogP contribution in [0.1, 0.15) is 6.42 Å². The number of nitrogens with one attached hydrogen (secondary N) is 2. The lowest BCUT2D eigenvalue weighted by atomic mass is 10.2. The van der Waals surface area contributed by atoms with Crippen LogP contribution in [-0.4, -0.2) is 40.0 Å². The van der Waals surface area contributed by atoms with Crippen LogP contribution < -0.4 is 10.6 Å². The summed E-state index contributed by atoms with van der Waals surface area (Å²) in [5, 5.41) is 33.8. The van der Waals surface area contributed by atoms with Gasteiger partial charge in [0.2, 0.25) is 0 Å². The maximum atomic E-state index is 12.1. The van der Waals surface area contributed by atoms with Gasteiger partial charge in [-0.05, 0) is 24.5 Å². The number of nitro groups is 1. The Morgan fingerprint density at radius 2 is 2.24 bits per heavy atom. The van der Waals surface area contributed by atoms with E-state index in [1.54, 1.807) is 6.07 Å². The second-order valence-corrected chi connectivity index (χ2v) is 5.76. The van der Waals surface area contributed by atoms with Gasteiger partial charge < -0.3 is 15.7 Å². The Morgan fingerprint density at radius 3 is 2.80 bits per heavy atom. The fourth-order valence-electron chi connectivity index (χ4n) is 1.74. The molecule has 1 unspecified atom stereocenters. The van der Waals surface area contributed by atoms with E-state index in [0.717, 1.165) is 12.3 Å². The number of hydrogen-bond donors (Lipinski definition) is 3. The summed E-state index contributed by atoms with van der Waals surface area (Å²) < 4.78 is 0. The van der Waals surface area contributed by atoms with Crippen LogP contribution in [-0.2, 0) is 9.59 Å². The Labute approximate surface area is 147 Å². The minimum Gasteiger partial charge on any atom is -0.480 e. The molecule has 1 aromatic rings. The van der Waals surface area contributed by atoms with E-state index in [9.17, 15) is 19.7 Å². The normalized spacial score (nSPS) is 11.9. The number of thioether (sulfide) groups is 1. The van der Waals surface area contributed by atoms with Gasteiger partial charge in [0.25, 0.3) is 11.6 Å². The molecule has 1 rings (SSSR count). The third-order valence-electron chi connectivity index (χ3n) is 3.02. The fraction of sp³-hybridized carbons (Fsp3) is 0.267. The number of aliphatic carboxylic acids is 1. The number of nitrogens with zero attached hydrogens (tertiary/aromatic N) is 2. The van der Waals surface area contributed by atoms with Gasteiger partial charge in [-0.2, -0.15) is 17.0 Å². The predicted octanol–water partition coefficient (Wildman–Crippen LogP) is 1.74. The summed E-state index contributed by atoms with van der Waals surface area (Å²) in [5.41, 5.74) is -0.402. The summed E-state index contributed by atoms with van der Waals surface area (Å²) in [6.45, 7) is 0. The molecule has 1 atom stereocenters. The molecule has 132 valence electrons. The molecule has 0 fully saturated rings. The zero-order valence-electron chi connectivity index (χ0n) is 13.3. The van der Waals surface area contributed by atoms with E-state index >= 15 is 0 Å². The third-order valence-corrected chi connectivity index (χ3v) is 3.66. The van der Waals surface area contributed by atoms with Crippen molar-refractivity contribution in [3.8, 4) is 6.07 Å². The van der Waals surface area contributed by atoms with Gasteiger partial charge in [-0.3, -0.25) is 14.9 Å². The van der Waals surface area contributed by atoms with Crippen LogP contribution in [0.5, 0.6) is 0 Å². The van der Waals surface area contributed by atoms with Crippen molar-refractivity contribution in [3.63, 3.8) is 0 Å². The number of non-ortho nitro benzene ring substituents is 1. The van der Waals surface area contributed by atoms with E-state index in [4.69, 9.17) is 10.4 Å². The summed E-state index contributed by atoms with van der Waals surface area (Å²) >= 11 is 1.48. The van der Waals surface area contributed by atoms with Crippen LogP contribution >= 0.6 is 11.8 Å². The average Bonchev–Trinajstić information content (AvgIpc) is 2.57. The van der Waals surface area contributed by atoms with Gasteiger partial charge in [0.15, 0.2) is 0 Å². The molecule has 0 heterocycles. The standard InChI is InChI=1S/C15H16N4O5S/c1-25-6-5-13(15(21)22)17-9-10(8-16)14(20)18-11-3-2-4-12(7-11)19(23)24/h2-4,7,9,13,17H,5-6H2,1H3,(H,18,20)(H,21,22)/b10-9-. The Kier molecular flexibility index (Phi) is 7.95. The number of rotatable bonds is 9. The van der Waals surface area contributed by atoms with Crippen molar-refractivity contribution in [2.45, 2.75) is 12.5 Å². The molecule has 0 saturated heterocycles. The summed E-state index contributed by atoms with van der Waals surface area (Å²) in [5.74, 6) is -1.30. The molecule has 1 amide bonds. The molecule has 0 radical (unpaired) electrons. The molecule has 10 heteroatoms. The number of hydrogen-bond acceptors (Lipinski definition) is 7. The van der Waals surface area contributed by atoms with Crippen molar-refractivity contribution < 1.29 is 19.6 Å². The highest BCUT2D eigenvalue weighted by Crippen LogP contribution is 2.17. The molecule has 9 nitrogen and oxygen atoms in total. The van der Waals surface area contributed by atoms with E-state index in [1.807, 2.05) is 6.26 Å². The van der Waals surface area contributed by atoms with Gasteiger partial charge in [0, 0.05) is 24.0 Å². The third kappa shape index (κ3) is 6.52. The number of benzene rings is 1. The fourth-order valence-corrected chi connectivity index (χ4v) is 2.21. The lowest BCUT2D eigenvalue weighted by Gasteiger charge is -2.12. The first kappa shape index (κ1) is 20.0. The number of anilines is 1. The first-order valence-electron chi connectivity index (χ1n) is 7.03. The van der Waals surface area contributed by atoms with E-state index < -0.39 is 22.8 Å². The van der Waals surface area contributed by atoms with Crippen molar-refractivity contribution in [1.29, 1.82) is 5.26 Å². The molecule has 0 spiro atoms. The van der Waals surface area contributed by atoms with E-state index in [1.165, 1.54) is 30.0 Å². The highest BCUT2D eigenvalue weighted by molar-refractivity contribution is 7.98. The molecule has 25 heavy (non-hydrogen) atoms. The monoisotopic (exact) mass is 364 g/mol. The topological polar surface area (TPSA) is 145 Å². The molecule has 0 aromatic heterocycles. The largest absolute Gasteiger partial charge is 0.480 e. The van der Waals surface area contributed by atoms with Crippen LogP contribution in [0.4, 0.5) is 11.4 Å². The number of carboxylic acids is 1. The van der Waals surface area contributed by atoms with Crippen LogP contribution in [0.3, 0.4) is 0 Å². The summed E-state index contributed by atoms with van der Waals surface area (Å²) in [6.07, 6.45) is 3.19. The minimum absolute atomic E-state index is 0.150. The summed E-state index contributed by atoms with van der Waals surface area (Å²) in [7, 11) is 0. The van der Waals surface area contributed by atoms with Gasteiger partial charge in [0.05, 0.1) is 4.92 Å². The molecule has 1 aromatic carbocycles. The van der Waals surface area contributed by atoms with Crippen molar-refractivity contribution >= 4 is 35.0 Å². The van der Waals surface area contributed by atoms with Gasteiger partial charge >= 0.3 is 5.97 Å². The molecular weight excluding hydrogens is 348 g/mol. The van der Waals surface area contributed by atoms with Gasteiger partial charge in [-0.25, -0.2) is 4.79 Å². The van der Waals surface area contributed by atoms with Gasteiger partial charge in [0.1, 0.15) is 17.7 Å². The molecule has 0 aliphatic heterocycles. The smallest absolute Gasteiger partial charge is 0.326 e. The minimum atomic E-state index is -1.10. The Hall–Kier alpha value is -3.06. The molecule has 0 aliphatic carbocycles. The van der Waals surface area contributed by atoms with Gasteiger partial charge in [-0.15, -0.1) is 0 Å². The van der Waals surface area contributed by atoms with Gasteiger partial charge in [-0.1, -0.05) is 6.07 Å². The lowest BCUT2D eigenvalue weighted by Crippen LogP contribution is -2.34. The molecule has 3 N–H and O–H groups in total. The number of amides is 1. The number of nitro benzene ring substituents is 1. The SMILES string of the molecule is CSCCC(N/C=C(/C#N)C(=O)Nc1cccc([N+](=O)[O-])c1)C(=O)O. The first-order valence-corrected chi connectivity index (χ1v) is 8.42. The number of carboxylic acid groups (broad SMARTS) is 1. The zero-order chi connectivity index (χ0) is 18.8. The molecule has 0 saturated carbocycles. The second-order valence-electron chi connectivity index (χ2n) is 4.77. The number of nitriles is 1. The van der Waals surface area contributed by atoms with Crippen LogP contribution in [0.2, 0.25) is 0 Å². The summed E-state index contributed by atoms with van der Waals surface area (Å²) in [6, 6.07) is 5.98. The van der Waals surface area contributed by atoms with E-state index in [-0.39, 0.29) is 16.9 Å². The second kappa shape index (κ2) is 9.94. The van der Waals surface area contributed by atoms with Crippen molar-refractivity contribution in [2.75, 3.05) is 17.3 Å². The maximum absolute atomic E-state index is 12.1. The van der Waals surface area contributed by atoms with E-state index in [0.29, 0.717) is 12.2 Å². The highest BCUT2D eigenvalue weighted by atomic mass is 32.2. The quantitative estimate of drug-likeness (QED) is 0.260. The van der Waals surface area contributed by atoms with Crippen LogP contribution in [0, 0.1) is 21.4 Å². The summed E-state index contributed by atoms with van der Waals surface area (Å²) in [4.78, 5) is 33.3. The Morgan fingerprint density at radius 1 is 1.52 bits per heavy atom.